The molecule has 5 atom stereocenters. The lowest BCUT2D eigenvalue weighted by Crippen LogP contribution is -2.73. The van der Waals surface area contributed by atoms with E-state index in [9.17, 15) is 13.6 Å². The number of carbonyl (C=O) groups is 1. The molecule has 3 N–H and O–H groups in total. The van der Waals surface area contributed by atoms with Crippen molar-refractivity contribution < 1.29 is 13.6 Å². The van der Waals surface area contributed by atoms with Gasteiger partial charge in [0.25, 0.3) is 0 Å². The first-order valence-corrected chi connectivity index (χ1v) is 11.0. The van der Waals surface area contributed by atoms with Crippen LogP contribution in [0.4, 0.5) is 8.78 Å². The molecule has 3 saturated heterocycles. The van der Waals surface area contributed by atoms with Gasteiger partial charge >= 0.3 is 0 Å². The summed E-state index contributed by atoms with van der Waals surface area (Å²) < 4.78 is 27.3. The summed E-state index contributed by atoms with van der Waals surface area (Å²) in [5, 5.41) is 9.70. The molecule has 4 fully saturated rings. The number of nitrogens with one attached hydrogen (secondary N) is 3. The molecule has 160 valence electrons. The number of amides is 1. The molecule has 0 aromatic heterocycles. The Hall–Kier alpha value is -0.830. The molecule has 0 aromatic carbocycles. The number of alkyl halides is 2. The number of likely N-dealkylation sites (tertiary alicyclic amines) is 1. The molecule has 4 aliphatic rings. The highest BCUT2D eigenvalue weighted by atomic mass is 19.3. The lowest BCUT2D eigenvalue weighted by molar-refractivity contribution is -0.134. The van der Waals surface area contributed by atoms with Crippen molar-refractivity contribution in [1.29, 1.82) is 0 Å². The van der Waals surface area contributed by atoms with Crippen LogP contribution < -0.4 is 16.1 Å². The van der Waals surface area contributed by atoms with E-state index in [0.717, 1.165) is 32.5 Å². The minimum atomic E-state index is -2.50. The van der Waals surface area contributed by atoms with Crippen LogP contribution in [-0.4, -0.2) is 72.7 Å². The summed E-state index contributed by atoms with van der Waals surface area (Å²) in [6.45, 7) is 4.48. The number of nitrogens with zero attached hydrogens (tertiary/aromatic N) is 2. The van der Waals surface area contributed by atoms with Gasteiger partial charge in [0.05, 0.1) is 6.17 Å². The minimum absolute atomic E-state index is 0.0127. The topological polar surface area (TPSA) is 59.6 Å². The van der Waals surface area contributed by atoms with E-state index in [0.29, 0.717) is 37.3 Å². The lowest BCUT2D eigenvalue weighted by Gasteiger charge is -2.52. The van der Waals surface area contributed by atoms with Crippen LogP contribution >= 0.6 is 0 Å². The maximum absolute atomic E-state index is 13.7. The summed E-state index contributed by atoms with van der Waals surface area (Å²) >= 11 is 0. The highest BCUT2D eigenvalue weighted by molar-refractivity contribution is 5.76. The van der Waals surface area contributed by atoms with E-state index < -0.39 is 5.92 Å². The maximum Gasteiger partial charge on any atom is 0.248 e. The molecule has 0 aromatic rings. The molecular formula is C20H35F2N5O. The van der Waals surface area contributed by atoms with Gasteiger partial charge in [-0.25, -0.2) is 13.8 Å². The first-order valence-electron chi connectivity index (χ1n) is 11.0. The number of hydrogen-bond acceptors (Lipinski definition) is 5. The van der Waals surface area contributed by atoms with Gasteiger partial charge in [-0.2, -0.15) is 0 Å². The van der Waals surface area contributed by atoms with E-state index in [-0.39, 0.29) is 36.9 Å². The van der Waals surface area contributed by atoms with Crippen LogP contribution in [0.2, 0.25) is 0 Å². The molecular weight excluding hydrogens is 364 g/mol. The molecule has 1 saturated carbocycles. The number of rotatable bonds is 3. The summed E-state index contributed by atoms with van der Waals surface area (Å²) in [4.78, 5) is 14.2. The Bertz CT molecular complexity index is 567. The van der Waals surface area contributed by atoms with Crippen molar-refractivity contribution in [2.45, 2.75) is 82.1 Å². The summed E-state index contributed by atoms with van der Waals surface area (Å²) in [6.07, 6.45) is 3.74. The number of carbonyl (C=O) groups excluding carboxylic acids is 1. The SMILES string of the molecule is CCC(=O)N1CCC2C(C1)NC(C1CCC(F)(F)CC1)NC2C1CCN(C)N1. The van der Waals surface area contributed by atoms with E-state index in [2.05, 4.69) is 28.1 Å². The molecule has 4 rings (SSSR count). The molecule has 5 unspecified atom stereocenters. The fraction of sp³-hybridized carbons (Fsp3) is 0.950. The van der Waals surface area contributed by atoms with Crippen LogP contribution in [0.15, 0.2) is 0 Å². The van der Waals surface area contributed by atoms with Crippen molar-refractivity contribution in [2.24, 2.45) is 11.8 Å². The standard InChI is InChI=1S/C20H35F2N5O/c1-3-17(28)27-11-6-14-16(12-27)23-19(13-4-8-20(21,22)9-5-13)24-18(14)15-7-10-26(2)25-15/h13-16,18-19,23-25H,3-12H2,1-2H3. The summed E-state index contributed by atoms with van der Waals surface area (Å²) in [5.41, 5.74) is 3.58. The van der Waals surface area contributed by atoms with Crippen LogP contribution in [0.25, 0.3) is 0 Å². The van der Waals surface area contributed by atoms with Gasteiger partial charge in [0, 0.05) is 64.1 Å². The molecule has 3 aliphatic heterocycles. The van der Waals surface area contributed by atoms with E-state index in [1.807, 2.05) is 11.8 Å². The van der Waals surface area contributed by atoms with Crippen molar-refractivity contribution in [1.82, 2.24) is 26.0 Å². The second kappa shape index (κ2) is 8.13. The molecule has 0 spiro atoms. The zero-order chi connectivity index (χ0) is 19.9. The van der Waals surface area contributed by atoms with Gasteiger partial charge in [0.2, 0.25) is 11.8 Å². The largest absolute Gasteiger partial charge is 0.341 e. The Morgan fingerprint density at radius 1 is 1.07 bits per heavy atom. The fourth-order valence-electron chi connectivity index (χ4n) is 5.72. The van der Waals surface area contributed by atoms with Gasteiger partial charge in [0.1, 0.15) is 0 Å². The summed E-state index contributed by atoms with van der Waals surface area (Å²) in [5.74, 6) is -1.62. The monoisotopic (exact) mass is 399 g/mol. The van der Waals surface area contributed by atoms with Gasteiger partial charge in [-0.15, -0.1) is 0 Å². The first kappa shape index (κ1) is 20.4. The minimum Gasteiger partial charge on any atom is -0.341 e. The Morgan fingerprint density at radius 2 is 1.82 bits per heavy atom. The third kappa shape index (κ3) is 4.20. The third-order valence-electron chi connectivity index (χ3n) is 7.38. The normalized spacial score (nSPS) is 39.7. The van der Waals surface area contributed by atoms with Crippen LogP contribution in [-0.2, 0) is 4.79 Å². The lowest BCUT2D eigenvalue weighted by atomic mass is 9.76. The van der Waals surface area contributed by atoms with Crippen LogP contribution in [0.3, 0.4) is 0 Å². The molecule has 6 nitrogen and oxygen atoms in total. The summed E-state index contributed by atoms with van der Waals surface area (Å²) in [6, 6.07) is 0.902. The van der Waals surface area contributed by atoms with Crippen molar-refractivity contribution in [3.05, 3.63) is 0 Å². The van der Waals surface area contributed by atoms with Gasteiger partial charge in [-0.1, -0.05) is 6.92 Å². The van der Waals surface area contributed by atoms with Crippen LogP contribution in [0, 0.1) is 11.8 Å². The second-order valence-corrected chi connectivity index (χ2v) is 9.23. The molecule has 8 heteroatoms. The third-order valence-corrected chi connectivity index (χ3v) is 7.38. The quantitative estimate of drug-likeness (QED) is 0.672. The first-order chi connectivity index (χ1) is 13.4. The average Bonchev–Trinajstić information content (AvgIpc) is 3.12. The fourth-order valence-corrected chi connectivity index (χ4v) is 5.72. The van der Waals surface area contributed by atoms with E-state index in [1.165, 1.54) is 0 Å². The van der Waals surface area contributed by atoms with Gasteiger partial charge < -0.3 is 4.90 Å². The Balaban J connectivity index is 1.49. The Kier molecular flexibility index (Phi) is 5.93. The van der Waals surface area contributed by atoms with Crippen molar-refractivity contribution >= 4 is 5.91 Å². The van der Waals surface area contributed by atoms with Crippen LogP contribution in [0.5, 0.6) is 0 Å². The molecule has 3 heterocycles. The van der Waals surface area contributed by atoms with Gasteiger partial charge in [-0.3, -0.25) is 20.9 Å². The number of piperidine rings is 1. The van der Waals surface area contributed by atoms with Crippen LogP contribution in [0.1, 0.15) is 51.9 Å². The predicted octanol–water partition coefficient (Wildman–Crippen LogP) is 1.54. The Labute approximate surface area is 166 Å². The Morgan fingerprint density at radius 3 is 2.46 bits per heavy atom. The average molecular weight is 400 g/mol. The second-order valence-electron chi connectivity index (χ2n) is 9.23. The van der Waals surface area contributed by atoms with E-state index >= 15 is 0 Å². The van der Waals surface area contributed by atoms with E-state index in [4.69, 9.17) is 0 Å². The molecule has 1 amide bonds. The highest BCUT2D eigenvalue weighted by Gasteiger charge is 2.47. The molecule has 0 bridgehead atoms. The van der Waals surface area contributed by atoms with Gasteiger partial charge in [0.15, 0.2) is 0 Å². The molecule has 0 radical (unpaired) electrons. The number of hydrogen-bond donors (Lipinski definition) is 3. The number of halogens is 2. The molecule has 1 aliphatic carbocycles. The number of hydrazine groups is 1. The van der Waals surface area contributed by atoms with Crippen molar-refractivity contribution in [3.63, 3.8) is 0 Å². The number of fused-ring (bicyclic) bond motifs is 1. The summed E-state index contributed by atoms with van der Waals surface area (Å²) in [7, 11) is 2.07. The molecule has 28 heavy (non-hydrogen) atoms. The zero-order valence-corrected chi connectivity index (χ0v) is 17.1. The van der Waals surface area contributed by atoms with Gasteiger partial charge in [-0.05, 0) is 37.5 Å². The predicted molar refractivity (Wildman–Crippen MR) is 104 cm³/mol. The van der Waals surface area contributed by atoms with Crippen molar-refractivity contribution in [3.8, 4) is 0 Å². The highest BCUT2D eigenvalue weighted by Crippen LogP contribution is 2.39. The maximum atomic E-state index is 13.7. The van der Waals surface area contributed by atoms with Crippen molar-refractivity contribution in [2.75, 3.05) is 26.7 Å². The van der Waals surface area contributed by atoms with E-state index in [1.54, 1.807) is 0 Å². The zero-order valence-electron chi connectivity index (χ0n) is 17.1. The smallest absolute Gasteiger partial charge is 0.248 e.